The summed E-state index contributed by atoms with van der Waals surface area (Å²) in [7, 11) is 0. The smallest absolute Gasteiger partial charge is 0.197 e. The van der Waals surface area contributed by atoms with Crippen LogP contribution in [0.4, 0.5) is 17.6 Å². The van der Waals surface area contributed by atoms with E-state index in [0.717, 1.165) is 49.0 Å². The molecule has 10 rings (SSSR count). The van der Waals surface area contributed by atoms with Crippen molar-refractivity contribution in [2.75, 3.05) is 0 Å². The second-order valence-electron chi connectivity index (χ2n) is 13.6. The molecule has 0 radical (unpaired) electrons. The molecule has 0 atom stereocenters. The van der Waals surface area contributed by atoms with Crippen LogP contribution in [0, 0.1) is 23.3 Å². The minimum Gasteiger partial charge on any atom is -0.480 e. The summed E-state index contributed by atoms with van der Waals surface area (Å²) in [4.78, 5) is 56.7. The molecule has 3 aromatic heterocycles. The van der Waals surface area contributed by atoms with E-state index in [9.17, 15) is 36.7 Å². The standard InChI is InChI=1S/C41H18F4O5S3/c1-41(2)27-13-19(11-25-33(46)21-3-15-7-28(42)29(43)8-16(15)4-22(21)34(25)47)51-38(27)40-37(50-41)39-32(53-40)14-20(52-39)12-26-35(48)23-5-17-9-30(44)31(45)10-18(17)6-24(23)36(26)49/h3-14H,1-2H3. The molecule has 0 bridgehead atoms. The van der Waals surface area contributed by atoms with Gasteiger partial charge in [-0.15, -0.1) is 34.0 Å². The van der Waals surface area contributed by atoms with Gasteiger partial charge in [-0.05, 0) is 108 Å². The average Bonchev–Trinajstić information content (AvgIpc) is 3.89. The Morgan fingerprint density at radius 3 is 1.38 bits per heavy atom. The van der Waals surface area contributed by atoms with Crippen molar-refractivity contribution in [3.05, 3.63) is 133 Å². The maximum atomic E-state index is 13.9. The van der Waals surface area contributed by atoms with Crippen molar-refractivity contribution < 1.29 is 41.5 Å². The van der Waals surface area contributed by atoms with Gasteiger partial charge in [-0.2, -0.15) is 0 Å². The van der Waals surface area contributed by atoms with Crippen LogP contribution in [0.25, 0.3) is 52.9 Å². The molecule has 0 spiro atoms. The van der Waals surface area contributed by atoms with Crippen LogP contribution in [0.3, 0.4) is 0 Å². The van der Waals surface area contributed by atoms with Crippen molar-refractivity contribution in [1.82, 2.24) is 0 Å². The number of fused-ring (bicyclic) bond motifs is 9. The highest BCUT2D eigenvalue weighted by Crippen LogP contribution is 2.57. The highest BCUT2D eigenvalue weighted by molar-refractivity contribution is 7.32. The number of hydrogen-bond acceptors (Lipinski definition) is 8. The van der Waals surface area contributed by atoms with Gasteiger partial charge in [-0.25, -0.2) is 17.6 Å². The van der Waals surface area contributed by atoms with Crippen LogP contribution in [-0.2, 0) is 5.60 Å². The summed E-state index contributed by atoms with van der Waals surface area (Å²) >= 11 is 4.25. The number of ketones is 4. The van der Waals surface area contributed by atoms with Gasteiger partial charge in [0.25, 0.3) is 0 Å². The van der Waals surface area contributed by atoms with Gasteiger partial charge in [0, 0.05) is 37.6 Å². The SMILES string of the molecule is CC1(C)Oc2c(sc3cc(C=C4C(=O)c5cc6cc(F)c(F)cc6cc5C4=O)sc23)-c2sc(C=C3C(=O)c4cc5cc(F)c(F)cc5cc4C3=O)cc21. The minimum atomic E-state index is -1.04. The molecule has 0 saturated heterocycles. The number of ether oxygens (including phenoxy) is 1. The van der Waals surface area contributed by atoms with Crippen molar-refractivity contribution in [2.24, 2.45) is 0 Å². The molecule has 12 heteroatoms. The third kappa shape index (κ3) is 4.58. The van der Waals surface area contributed by atoms with E-state index in [0.29, 0.717) is 37.0 Å². The largest absolute Gasteiger partial charge is 0.480 e. The fraction of sp³-hybridized carbons (Fsp3) is 0.0732. The van der Waals surface area contributed by atoms with Crippen LogP contribution in [0.2, 0.25) is 0 Å². The third-order valence-corrected chi connectivity index (χ3v) is 13.4. The van der Waals surface area contributed by atoms with Gasteiger partial charge in [0.2, 0.25) is 0 Å². The van der Waals surface area contributed by atoms with Crippen molar-refractivity contribution in [1.29, 1.82) is 0 Å². The number of thiophene rings is 3. The van der Waals surface area contributed by atoms with E-state index >= 15 is 0 Å². The third-order valence-electron chi connectivity index (χ3n) is 9.87. The molecule has 4 heterocycles. The Hall–Kier alpha value is -5.56. The normalized spacial score (nSPS) is 15.7. The fourth-order valence-electron chi connectivity index (χ4n) is 7.28. The number of rotatable bonds is 2. The molecule has 258 valence electrons. The van der Waals surface area contributed by atoms with Gasteiger partial charge in [0.05, 0.1) is 30.3 Å². The summed E-state index contributed by atoms with van der Waals surface area (Å²) in [5.41, 5.74) is 0.553. The van der Waals surface area contributed by atoms with E-state index in [1.165, 1.54) is 58.3 Å². The number of halogens is 4. The summed E-state index contributed by atoms with van der Waals surface area (Å²) < 4.78 is 63.9. The monoisotopic (exact) mass is 762 g/mol. The summed E-state index contributed by atoms with van der Waals surface area (Å²) in [5.74, 6) is -5.49. The first-order valence-corrected chi connectivity index (χ1v) is 18.6. The molecule has 0 amide bonds. The number of carbonyl (C=O) groups is 4. The van der Waals surface area contributed by atoms with Crippen molar-refractivity contribution in [2.45, 2.75) is 19.4 Å². The zero-order valence-corrected chi connectivity index (χ0v) is 29.7. The average molecular weight is 763 g/mol. The molecule has 0 unspecified atom stereocenters. The van der Waals surface area contributed by atoms with E-state index in [2.05, 4.69) is 0 Å². The lowest BCUT2D eigenvalue weighted by atomic mass is 9.95. The van der Waals surface area contributed by atoms with E-state index in [4.69, 9.17) is 4.74 Å². The maximum Gasteiger partial charge on any atom is 0.197 e. The van der Waals surface area contributed by atoms with Crippen molar-refractivity contribution in [3.8, 4) is 15.5 Å². The Morgan fingerprint density at radius 2 is 0.943 bits per heavy atom. The molecule has 2 aliphatic carbocycles. The first-order valence-electron chi connectivity index (χ1n) is 16.1. The second kappa shape index (κ2) is 10.8. The lowest BCUT2D eigenvalue weighted by Crippen LogP contribution is -2.27. The van der Waals surface area contributed by atoms with Crippen LogP contribution >= 0.6 is 34.0 Å². The predicted molar refractivity (Wildman–Crippen MR) is 198 cm³/mol. The highest BCUT2D eigenvalue weighted by atomic mass is 32.1. The van der Waals surface area contributed by atoms with Crippen LogP contribution < -0.4 is 4.74 Å². The first kappa shape index (κ1) is 32.1. The second-order valence-corrected chi connectivity index (χ2v) is 16.8. The Balaban J connectivity index is 1.00. The van der Waals surface area contributed by atoms with Crippen molar-refractivity contribution >= 4 is 100 Å². The van der Waals surface area contributed by atoms with Gasteiger partial charge in [-0.3, -0.25) is 19.2 Å². The highest BCUT2D eigenvalue weighted by Gasteiger charge is 2.39. The van der Waals surface area contributed by atoms with Gasteiger partial charge in [0.15, 0.2) is 52.2 Å². The van der Waals surface area contributed by atoms with E-state index in [1.54, 1.807) is 12.2 Å². The molecule has 0 fully saturated rings. The Bertz CT molecular complexity index is 2900. The molecule has 7 aromatic rings. The van der Waals surface area contributed by atoms with Crippen molar-refractivity contribution in [3.63, 3.8) is 0 Å². The summed E-state index contributed by atoms with van der Waals surface area (Å²) in [5, 5.41) is 1.26. The fourth-order valence-corrected chi connectivity index (χ4v) is 11.1. The van der Waals surface area contributed by atoms with Gasteiger partial charge in [0.1, 0.15) is 5.60 Å². The molecule has 3 aliphatic rings. The molecule has 5 nitrogen and oxygen atoms in total. The first-order chi connectivity index (χ1) is 25.3. The maximum absolute atomic E-state index is 13.9. The van der Waals surface area contributed by atoms with E-state index < -0.39 is 52.0 Å². The van der Waals surface area contributed by atoms with Crippen LogP contribution in [0.1, 0.15) is 70.6 Å². The number of benzene rings is 4. The topological polar surface area (TPSA) is 77.5 Å². The lowest BCUT2D eigenvalue weighted by molar-refractivity contribution is 0.0975. The van der Waals surface area contributed by atoms with Crippen LogP contribution in [0.15, 0.2) is 71.8 Å². The zero-order chi connectivity index (χ0) is 36.8. The lowest BCUT2D eigenvalue weighted by Gasteiger charge is -2.31. The van der Waals surface area contributed by atoms with Gasteiger partial charge >= 0.3 is 0 Å². The van der Waals surface area contributed by atoms with E-state index in [-0.39, 0.29) is 33.4 Å². The summed E-state index contributed by atoms with van der Waals surface area (Å²) in [6.07, 6.45) is 3.10. The van der Waals surface area contributed by atoms with Crippen LogP contribution in [-0.4, -0.2) is 23.1 Å². The quantitative estimate of drug-likeness (QED) is 0.0996. The Kier molecular flexibility index (Phi) is 6.52. The summed E-state index contributed by atoms with van der Waals surface area (Å²) in [6.45, 7) is 3.83. The zero-order valence-electron chi connectivity index (χ0n) is 27.2. The predicted octanol–water partition coefficient (Wildman–Crippen LogP) is 11.1. The molecule has 0 N–H and O–H groups in total. The van der Waals surface area contributed by atoms with Gasteiger partial charge in [-0.1, -0.05) is 0 Å². The van der Waals surface area contributed by atoms with Crippen LogP contribution in [0.5, 0.6) is 5.75 Å². The van der Waals surface area contributed by atoms with E-state index in [1.807, 2.05) is 26.0 Å². The Labute approximate surface area is 308 Å². The number of hydrogen-bond donors (Lipinski definition) is 0. The molecular formula is C41H18F4O5S3. The molecular weight excluding hydrogens is 745 g/mol. The number of carbonyl (C=O) groups excluding carboxylic acids is 4. The Morgan fingerprint density at radius 1 is 0.528 bits per heavy atom. The minimum absolute atomic E-state index is 0.0378. The number of Topliss-reactive ketones (excluding diaryl/α,β-unsaturated/α-hetero) is 4. The molecule has 4 aromatic carbocycles. The summed E-state index contributed by atoms with van der Waals surface area (Å²) in [6, 6.07) is 13.5. The molecule has 1 aliphatic heterocycles. The molecule has 53 heavy (non-hydrogen) atoms. The van der Waals surface area contributed by atoms with Gasteiger partial charge < -0.3 is 4.74 Å². The number of allylic oxidation sites excluding steroid dienone is 2. The molecule has 0 saturated carbocycles.